The van der Waals surface area contributed by atoms with Crippen molar-refractivity contribution in [3.05, 3.63) is 72.7 Å². The molecular weight excluding hydrogens is 419 g/mol. The molecular formula is C26H27FN4O2. The SMILES string of the molecule is C=CC(=O)Cc1cccc(-c2nc(Nc3ccc(F)c(N4CCCCC4)c3)ncc2OC)c1. The van der Waals surface area contributed by atoms with Crippen molar-refractivity contribution in [3.63, 3.8) is 0 Å². The monoisotopic (exact) mass is 446 g/mol. The maximum atomic E-state index is 14.5. The second-order valence-corrected chi connectivity index (χ2v) is 8.00. The van der Waals surface area contributed by atoms with Crippen LogP contribution in [-0.4, -0.2) is 36.0 Å². The number of halogens is 1. The van der Waals surface area contributed by atoms with Gasteiger partial charge in [0.2, 0.25) is 5.95 Å². The quantitative estimate of drug-likeness (QED) is 0.472. The van der Waals surface area contributed by atoms with Gasteiger partial charge in [-0.1, -0.05) is 24.8 Å². The first-order valence-corrected chi connectivity index (χ1v) is 11.0. The summed E-state index contributed by atoms with van der Waals surface area (Å²) in [5.74, 6) is 0.602. The lowest BCUT2D eigenvalue weighted by molar-refractivity contribution is -0.114. The Hall–Kier alpha value is -3.74. The normalized spacial score (nSPS) is 13.5. The fourth-order valence-corrected chi connectivity index (χ4v) is 3.99. The number of piperidine rings is 1. The molecule has 0 aliphatic carbocycles. The largest absolute Gasteiger partial charge is 0.493 e. The van der Waals surface area contributed by atoms with Crippen molar-refractivity contribution in [3.8, 4) is 17.0 Å². The molecule has 0 atom stereocenters. The molecule has 0 radical (unpaired) electrons. The van der Waals surface area contributed by atoms with Gasteiger partial charge in [-0.3, -0.25) is 4.79 Å². The molecule has 0 saturated carbocycles. The fraction of sp³-hybridized carbons (Fsp3) is 0.269. The molecule has 2 aromatic carbocycles. The number of benzene rings is 2. The highest BCUT2D eigenvalue weighted by atomic mass is 19.1. The maximum Gasteiger partial charge on any atom is 0.227 e. The van der Waals surface area contributed by atoms with E-state index in [1.54, 1.807) is 25.4 Å². The summed E-state index contributed by atoms with van der Waals surface area (Å²) >= 11 is 0. The van der Waals surface area contributed by atoms with Crippen molar-refractivity contribution in [2.24, 2.45) is 0 Å². The molecule has 4 rings (SSSR count). The van der Waals surface area contributed by atoms with E-state index >= 15 is 0 Å². The Labute approximate surface area is 193 Å². The molecule has 0 amide bonds. The Bertz CT molecular complexity index is 1160. The van der Waals surface area contributed by atoms with Crippen LogP contribution in [0.3, 0.4) is 0 Å². The predicted molar refractivity (Wildman–Crippen MR) is 129 cm³/mol. The van der Waals surface area contributed by atoms with Crippen molar-refractivity contribution in [2.45, 2.75) is 25.7 Å². The third kappa shape index (κ3) is 5.37. The van der Waals surface area contributed by atoms with E-state index in [0.29, 0.717) is 28.8 Å². The number of carbonyl (C=O) groups is 1. The number of carbonyl (C=O) groups excluding carboxylic acids is 1. The van der Waals surface area contributed by atoms with Crippen LogP contribution >= 0.6 is 0 Å². The molecule has 0 spiro atoms. The minimum Gasteiger partial charge on any atom is -0.493 e. The number of rotatable bonds is 8. The maximum absolute atomic E-state index is 14.5. The third-order valence-electron chi connectivity index (χ3n) is 5.68. The number of ketones is 1. The number of nitrogens with one attached hydrogen (secondary N) is 1. The van der Waals surface area contributed by atoms with Gasteiger partial charge < -0.3 is 15.0 Å². The zero-order chi connectivity index (χ0) is 23.2. The first-order chi connectivity index (χ1) is 16.1. The highest BCUT2D eigenvalue weighted by Gasteiger charge is 2.16. The van der Waals surface area contributed by atoms with Crippen LogP contribution in [0.15, 0.2) is 61.3 Å². The van der Waals surface area contributed by atoms with Gasteiger partial charge in [0.05, 0.1) is 19.0 Å². The van der Waals surface area contributed by atoms with Crippen LogP contribution in [0.4, 0.5) is 21.7 Å². The van der Waals surface area contributed by atoms with Gasteiger partial charge in [0.25, 0.3) is 0 Å². The van der Waals surface area contributed by atoms with Crippen LogP contribution in [0, 0.1) is 5.82 Å². The number of aromatic nitrogens is 2. The number of hydrogen-bond acceptors (Lipinski definition) is 6. The topological polar surface area (TPSA) is 67.4 Å². The Balaban J connectivity index is 1.62. The average Bonchev–Trinajstić information content (AvgIpc) is 2.85. The first kappa shape index (κ1) is 22.5. The van der Waals surface area contributed by atoms with Crippen LogP contribution in [0.1, 0.15) is 24.8 Å². The van der Waals surface area contributed by atoms with Crippen molar-refractivity contribution in [1.29, 1.82) is 0 Å². The minimum absolute atomic E-state index is 0.0509. The molecule has 0 bridgehead atoms. The highest BCUT2D eigenvalue weighted by molar-refractivity contribution is 5.91. The number of ether oxygens (including phenoxy) is 1. The molecule has 1 aliphatic rings. The Kier molecular flexibility index (Phi) is 6.98. The van der Waals surface area contributed by atoms with Crippen LogP contribution in [0.2, 0.25) is 0 Å². The summed E-state index contributed by atoms with van der Waals surface area (Å²) in [6.07, 6.45) is 6.51. The van der Waals surface area contributed by atoms with Gasteiger partial charge in [-0.05, 0) is 55.2 Å². The van der Waals surface area contributed by atoms with Gasteiger partial charge in [0.15, 0.2) is 11.5 Å². The molecule has 1 N–H and O–H groups in total. The van der Waals surface area contributed by atoms with Crippen LogP contribution < -0.4 is 15.0 Å². The molecule has 1 aliphatic heterocycles. The first-order valence-electron chi connectivity index (χ1n) is 11.0. The molecule has 2 heterocycles. The van der Waals surface area contributed by atoms with E-state index in [1.807, 2.05) is 24.3 Å². The highest BCUT2D eigenvalue weighted by Crippen LogP contribution is 2.31. The summed E-state index contributed by atoms with van der Waals surface area (Å²) in [6, 6.07) is 12.5. The Morgan fingerprint density at radius 1 is 1.21 bits per heavy atom. The van der Waals surface area contributed by atoms with Crippen LogP contribution in [0.5, 0.6) is 5.75 Å². The number of methoxy groups -OCH3 is 1. The van der Waals surface area contributed by atoms with E-state index in [9.17, 15) is 9.18 Å². The molecule has 1 fully saturated rings. The lowest BCUT2D eigenvalue weighted by Gasteiger charge is -2.29. The smallest absolute Gasteiger partial charge is 0.227 e. The summed E-state index contributed by atoms with van der Waals surface area (Å²) in [5.41, 5.74) is 3.56. The van der Waals surface area contributed by atoms with Gasteiger partial charge in [0.1, 0.15) is 11.5 Å². The molecule has 33 heavy (non-hydrogen) atoms. The molecule has 1 saturated heterocycles. The lowest BCUT2D eigenvalue weighted by atomic mass is 10.0. The van der Waals surface area contributed by atoms with E-state index in [1.165, 1.54) is 18.6 Å². The molecule has 3 aromatic rings. The number of allylic oxidation sites excluding steroid dienone is 1. The van der Waals surface area contributed by atoms with Crippen molar-refractivity contribution >= 4 is 23.1 Å². The molecule has 170 valence electrons. The van der Waals surface area contributed by atoms with Crippen molar-refractivity contribution in [1.82, 2.24) is 9.97 Å². The predicted octanol–water partition coefficient (Wildman–Crippen LogP) is 5.32. The number of anilines is 3. The molecule has 1 aromatic heterocycles. The standard InChI is InChI=1S/C26H27FN4O2/c1-3-21(32)15-18-8-7-9-19(14-18)25-24(33-2)17-28-26(30-25)29-20-10-11-22(27)23(16-20)31-12-5-4-6-13-31/h3,7-11,14,16-17H,1,4-6,12-13,15H2,2H3,(H,28,29,30). The Morgan fingerprint density at radius 3 is 2.79 bits per heavy atom. The van der Waals surface area contributed by atoms with Gasteiger partial charge in [-0.2, -0.15) is 0 Å². The minimum atomic E-state index is -0.232. The van der Waals surface area contributed by atoms with E-state index in [0.717, 1.165) is 37.1 Å². The van der Waals surface area contributed by atoms with E-state index in [2.05, 4.69) is 26.8 Å². The van der Waals surface area contributed by atoms with Gasteiger partial charge in [-0.15, -0.1) is 0 Å². The summed E-state index contributed by atoms with van der Waals surface area (Å²) in [5, 5.41) is 3.19. The summed E-state index contributed by atoms with van der Waals surface area (Å²) < 4.78 is 20.0. The number of nitrogens with zero attached hydrogens (tertiary/aromatic N) is 3. The molecule has 7 heteroatoms. The zero-order valence-electron chi connectivity index (χ0n) is 18.7. The average molecular weight is 447 g/mol. The van der Waals surface area contributed by atoms with Gasteiger partial charge in [-0.25, -0.2) is 14.4 Å². The van der Waals surface area contributed by atoms with Gasteiger partial charge in [0, 0.05) is 30.8 Å². The summed E-state index contributed by atoms with van der Waals surface area (Å²) in [6.45, 7) is 5.24. The second-order valence-electron chi connectivity index (χ2n) is 8.00. The molecule has 0 unspecified atom stereocenters. The van der Waals surface area contributed by atoms with Crippen LogP contribution in [-0.2, 0) is 11.2 Å². The van der Waals surface area contributed by atoms with E-state index < -0.39 is 0 Å². The Morgan fingerprint density at radius 2 is 2.03 bits per heavy atom. The van der Waals surface area contributed by atoms with E-state index in [4.69, 9.17) is 4.74 Å². The summed E-state index contributed by atoms with van der Waals surface area (Å²) in [7, 11) is 1.56. The molecule has 6 nitrogen and oxygen atoms in total. The fourth-order valence-electron chi connectivity index (χ4n) is 3.99. The third-order valence-corrected chi connectivity index (χ3v) is 5.68. The van der Waals surface area contributed by atoms with Crippen molar-refractivity contribution in [2.75, 3.05) is 30.4 Å². The number of hydrogen-bond donors (Lipinski definition) is 1. The zero-order valence-corrected chi connectivity index (χ0v) is 18.7. The second kappa shape index (κ2) is 10.3. The lowest BCUT2D eigenvalue weighted by Crippen LogP contribution is -2.30. The summed E-state index contributed by atoms with van der Waals surface area (Å²) in [4.78, 5) is 22.9. The van der Waals surface area contributed by atoms with Crippen LogP contribution in [0.25, 0.3) is 11.3 Å². The van der Waals surface area contributed by atoms with E-state index in [-0.39, 0.29) is 18.0 Å². The van der Waals surface area contributed by atoms with Crippen molar-refractivity contribution < 1.29 is 13.9 Å². The van der Waals surface area contributed by atoms with Gasteiger partial charge >= 0.3 is 0 Å².